The number of methoxy groups -OCH3 is 1. The average Bonchev–Trinajstić information content (AvgIpc) is 3.26. The van der Waals surface area contributed by atoms with Crippen LogP contribution in [0.3, 0.4) is 0 Å². The molecule has 6 nitrogen and oxygen atoms in total. The van der Waals surface area contributed by atoms with Crippen LogP contribution in [-0.4, -0.2) is 27.6 Å². The summed E-state index contributed by atoms with van der Waals surface area (Å²) in [5, 5.41) is 4.98. The number of aromatic nitrogens is 3. The summed E-state index contributed by atoms with van der Waals surface area (Å²) < 4.78 is 20.4. The van der Waals surface area contributed by atoms with Crippen LogP contribution in [0.15, 0.2) is 42.3 Å². The zero-order valence-corrected chi connectivity index (χ0v) is 13.9. The van der Waals surface area contributed by atoms with Crippen molar-refractivity contribution in [2.24, 2.45) is 0 Å². The normalized spacial score (nSPS) is 12.0. The van der Waals surface area contributed by atoms with Gasteiger partial charge in [0.2, 0.25) is 5.91 Å². The molecule has 1 amide bonds. The molecular weight excluding hydrogens is 331 g/mol. The monoisotopic (exact) mass is 346 g/mol. The SMILES string of the molecule is COc1ccc(-c2csc(NC(=O)C(C)n3ccnc3)n2)cc1F. The quantitative estimate of drug-likeness (QED) is 0.769. The number of nitrogens with one attached hydrogen (secondary N) is 1. The van der Waals surface area contributed by atoms with Gasteiger partial charge in [-0.3, -0.25) is 4.79 Å². The molecule has 1 N–H and O–H groups in total. The number of benzene rings is 1. The number of carbonyl (C=O) groups is 1. The van der Waals surface area contributed by atoms with Gasteiger partial charge in [-0.2, -0.15) is 0 Å². The molecule has 3 aromatic rings. The fourth-order valence-corrected chi connectivity index (χ4v) is 2.86. The first-order chi connectivity index (χ1) is 11.6. The van der Waals surface area contributed by atoms with Gasteiger partial charge >= 0.3 is 0 Å². The van der Waals surface area contributed by atoms with E-state index in [4.69, 9.17) is 4.74 Å². The first kappa shape index (κ1) is 16.1. The molecule has 0 aliphatic carbocycles. The molecule has 1 aromatic carbocycles. The summed E-state index contributed by atoms with van der Waals surface area (Å²) in [6, 6.07) is 4.21. The molecule has 24 heavy (non-hydrogen) atoms. The molecule has 0 fully saturated rings. The van der Waals surface area contributed by atoms with Crippen LogP contribution < -0.4 is 10.1 Å². The van der Waals surface area contributed by atoms with Gasteiger partial charge in [-0.15, -0.1) is 11.3 Å². The molecule has 0 saturated heterocycles. The second-order valence-electron chi connectivity index (χ2n) is 5.06. The number of amides is 1. The largest absolute Gasteiger partial charge is 0.494 e. The molecule has 1 atom stereocenters. The van der Waals surface area contributed by atoms with E-state index in [2.05, 4.69) is 15.3 Å². The third-order valence-electron chi connectivity index (χ3n) is 3.53. The molecule has 0 aliphatic rings. The molecule has 1 unspecified atom stereocenters. The van der Waals surface area contributed by atoms with Gasteiger partial charge in [0.25, 0.3) is 0 Å². The number of thiazole rings is 1. The first-order valence-corrected chi connectivity index (χ1v) is 8.04. The predicted molar refractivity (Wildman–Crippen MR) is 89.6 cm³/mol. The van der Waals surface area contributed by atoms with E-state index < -0.39 is 11.9 Å². The van der Waals surface area contributed by atoms with E-state index in [1.807, 2.05) is 0 Å². The van der Waals surface area contributed by atoms with Crippen LogP contribution in [0.25, 0.3) is 11.3 Å². The summed E-state index contributed by atoms with van der Waals surface area (Å²) in [5.41, 5.74) is 1.21. The maximum absolute atomic E-state index is 13.8. The Balaban J connectivity index is 1.74. The fraction of sp³-hybridized carbons (Fsp3) is 0.188. The molecule has 0 aliphatic heterocycles. The van der Waals surface area contributed by atoms with E-state index in [-0.39, 0.29) is 11.7 Å². The third-order valence-corrected chi connectivity index (χ3v) is 4.29. The number of ether oxygens (including phenoxy) is 1. The number of hydrogen-bond donors (Lipinski definition) is 1. The first-order valence-electron chi connectivity index (χ1n) is 7.16. The maximum Gasteiger partial charge on any atom is 0.248 e. The highest BCUT2D eigenvalue weighted by molar-refractivity contribution is 7.14. The van der Waals surface area contributed by atoms with Crippen molar-refractivity contribution in [3.8, 4) is 17.0 Å². The van der Waals surface area contributed by atoms with Crippen molar-refractivity contribution in [2.75, 3.05) is 12.4 Å². The maximum atomic E-state index is 13.8. The van der Waals surface area contributed by atoms with Crippen LogP contribution in [0.2, 0.25) is 0 Å². The van der Waals surface area contributed by atoms with E-state index in [0.29, 0.717) is 16.4 Å². The van der Waals surface area contributed by atoms with Crippen LogP contribution in [0.5, 0.6) is 5.75 Å². The summed E-state index contributed by atoms with van der Waals surface area (Å²) >= 11 is 1.28. The van der Waals surface area contributed by atoms with E-state index in [9.17, 15) is 9.18 Å². The fourth-order valence-electron chi connectivity index (χ4n) is 2.13. The second-order valence-corrected chi connectivity index (χ2v) is 5.92. The van der Waals surface area contributed by atoms with Gasteiger partial charge in [0.05, 0.1) is 19.1 Å². The van der Waals surface area contributed by atoms with Crippen LogP contribution >= 0.6 is 11.3 Å². The summed E-state index contributed by atoms with van der Waals surface area (Å²) in [4.78, 5) is 20.5. The zero-order valence-electron chi connectivity index (χ0n) is 13.1. The predicted octanol–water partition coefficient (Wildman–Crippen LogP) is 3.35. The Kier molecular flexibility index (Phi) is 4.57. The highest BCUT2D eigenvalue weighted by atomic mass is 32.1. The van der Waals surface area contributed by atoms with Gasteiger partial charge in [0.1, 0.15) is 6.04 Å². The number of carbonyl (C=O) groups excluding carboxylic acids is 1. The number of imidazole rings is 1. The third kappa shape index (κ3) is 3.28. The van der Waals surface area contributed by atoms with Gasteiger partial charge in [0, 0.05) is 23.3 Å². The average molecular weight is 346 g/mol. The lowest BCUT2D eigenvalue weighted by atomic mass is 10.1. The number of rotatable bonds is 5. The Morgan fingerprint density at radius 1 is 1.46 bits per heavy atom. The van der Waals surface area contributed by atoms with E-state index in [1.54, 1.807) is 47.7 Å². The highest BCUT2D eigenvalue weighted by Crippen LogP contribution is 2.28. The lowest BCUT2D eigenvalue weighted by Crippen LogP contribution is -2.22. The molecule has 2 aromatic heterocycles. The number of hydrogen-bond acceptors (Lipinski definition) is 5. The molecule has 2 heterocycles. The summed E-state index contributed by atoms with van der Waals surface area (Å²) in [5.74, 6) is -0.478. The Morgan fingerprint density at radius 3 is 2.96 bits per heavy atom. The summed E-state index contributed by atoms with van der Waals surface area (Å²) in [6.07, 6.45) is 4.92. The Hall–Kier alpha value is -2.74. The van der Waals surface area contributed by atoms with Crippen LogP contribution in [0, 0.1) is 5.82 Å². The van der Waals surface area contributed by atoms with Crippen molar-refractivity contribution < 1.29 is 13.9 Å². The number of halogens is 1. The molecule has 3 rings (SSSR count). The number of anilines is 1. The smallest absolute Gasteiger partial charge is 0.248 e. The Labute approximate surface area is 141 Å². The molecular formula is C16H15FN4O2S. The van der Waals surface area contributed by atoms with Gasteiger partial charge in [0.15, 0.2) is 16.7 Å². The van der Waals surface area contributed by atoms with Crippen molar-refractivity contribution >= 4 is 22.4 Å². The minimum atomic E-state index is -0.456. The van der Waals surface area contributed by atoms with Crippen molar-refractivity contribution in [3.63, 3.8) is 0 Å². The van der Waals surface area contributed by atoms with Crippen molar-refractivity contribution in [2.45, 2.75) is 13.0 Å². The zero-order chi connectivity index (χ0) is 17.1. The molecule has 0 saturated carbocycles. The molecule has 0 spiro atoms. The minimum Gasteiger partial charge on any atom is -0.494 e. The molecule has 0 bridgehead atoms. The van der Waals surface area contributed by atoms with Crippen LogP contribution in [0.1, 0.15) is 13.0 Å². The Bertz CT molecular complexity index is 848. The standard InChI is InChI=1S/C16H15FN4O2S/c1-10(21-6-5-18-9-21)15(22)20-16-19-13(8-24-16)11-3-4-14(23-2)12(17)7-11/h3-10H,1-2H3,(H,19,20,22). The van der Waals surface area contributed by atoms with Crippen molar-refractivity contribution in [1.82, 2.24) is 14.5 Å². The van der Waals surface area contributed by atoms with Gasteiger partial charge in [-0.1, -0.05) is 0 Å². The van der Waals surface area contributed by atoms with E-state index in [0.717, 1.165) is 0 Å². The van der Waals surface area contributed by atoms with Gasteiger partial charge in [-0.25, -0.2) is 14.4 Å². The topological polar surface area (TPSA) is 69.0 Å². The molecule has 0 radical (unpaired) electrons. The van der Waals surface area contributed by atoms with Crippen LogP contribution in [0.4, 0.5) is 9.52 Å². The summed E-state index contributed by atoms with van der Waals surface area (Å²) in [7, 11) is 1.41. The number of nitrogens with zero attached hydrogens (tertiary/aromatic N) is 3. The Morgan fingerprint density at radius 2 is 2.29 bits per heavy atom. The molecule has 124 valence electrons. The highest BCUT2D eigenvalue weighted by Gasteiger charge is 2.16. The van der Waals surface area contributed by atoms with Crippen LogP contribution in [-0.2, 0) is 4.79 Å². The van der Waals surface area contributed by atoms with Gasteiger partial charge in [-0.05, 0) is 25.1 Å². The van der Waals surface area contributed by atoms with Crippen molar-refractivity contribution in [1.29, 1.82) is 0 Å². The second kappa shape index (κ2) is 6.79. The molecule has 8 heteroatoms. The summed E-state index contributed by atoms with van der Waals surface area (Å²) in [6.45, 7) is 1.77. The lowest BCUT2D eigenvalue weighted by molar-refractivity contribution is -0.118. The van der Waals surface area contributed by atoms with E-state index in [1.165, 1.54) is 24.5 Å². The van der Waals surface area contributed by atoms with Crippen molar-refractivity contribution in [3.05, 3.63) is 48.1 Å². The lowest BCUT2D eigenvalue weighted by Gasteiger charge is -2.11. The van der Waals surface area contributed by atoms with E-state index >= 15 is 0 Å². The minimum absolute atomic E-state index is 0.177. The van der Waals surface area contributed by atoms with Gasteiger partial charge < -0.3 is 14.6 Å².